The Bertz CT molecular complexity index is 370. The van der Waals surface area contributed by atoms with Crippen molar-refractivity contribution >= 4 is 10.1 Å². The lowest BCUT2D eigenvalue weighted by molar-refractivity contribution is -0.0589. The van der Waals surface area contributed by atoms with Crippen LogP contribution in [0.25, 0.3) is 0 Å². The van der Waals surface area contributed by atoms with E-state index < -0.39 is 10.1 Å². The lowest BCUT2D eigenvalue weighted by Crippen LogP contribution is -2.28. The summed E-state index contributed by atoms with van der Waals surface area (Å²) in [6.07, 6.45) is 3.96. The number of allylic oxidation sites excluding steroid dienone is 1. The summed E-state index contributed by atoms with van der Waals surface area (Å²) in [5, 5.41) is 0. The van der Waals surface area contributed by atoms with Gasteiger partial charge in [0.05, 0.1) is 30.8 Å². The molecule has 0 rings (SSSR count). The van der Waals surface area contributed by atoms with Crippen molar-refractivity contribution in [1.29, 1.82) is 0 Å². The van der Waals surface area contributed by atoms with Gasteiger partial charge in [-0.1, -0.05) is 0 Å². The largest absolute Gasteiger partial charge is 0.499 e. The van der Waals surface area contributed by atoms with Crippen LogP contribution >= 0.6 is 0 Å². The van der Waals surface area contributed by atoms with Crippen molar-refractivity contribution in [3.63, 3.8) is 0 Å². The Balaban J connectivity index is 3.57. The first-order valence-electron chi connectivity index (χ1n) is 6.17. The highest BCUT2D eigenvalue weighted by Crippen LogP contribution is 2.05. The number of nitrogens with one attached hydrogen (secondary N) is 1. The number of ether oxygens (including phenoxy) is 1. The minimum atomic E-state index is -3.33. The molecule has 0 saturated heterocycles. The molecule has 0 aliphatic rings. The average Bonchev–Trinajstić information content (AvgIpc) is 2.22. The first-order chi connectivity index (χ1) is 8.60. The molecule has 0 bridgehead atoms. The predicted molar refractivity (Wildman–Crippen MR) is 73.7 cm³/mol. The van der Waals surface area contributed by atoms with Gasteiger partial charge in [0, 0.05) is 0 Å². The molecule has 0 aromatic rings. The van der Waals surface area contributed by atoms with Gasteiger partial charge in [-0.05, 0) is 40.5 Å². The molecular weight excluding hydrogens is 270 g/mol. The fourth-order valence-electron chi connectivity index (χ4n) is 0.939. The molecular formula is C12H25NO5S. The van der Waals surface area contributed by atoms with Crippen LogP contribution in [0.4, 0.5) is 0 Å². The highest BCUT2D eigenvalue weighted by molar-refractivity contribution is 7.85. The van der Waals surface area contributed by atoms with Gasteiger partial charge in [0.25, 0.3) is 10.1 Å². The molecule has 114 valence electrons. The molecule has 0 fully saturated rings. The fraction of sp³-hybridized carbons (Fsp3) is 0.833. The van der Waals surface area contributed by atoms with Crippen molar-refractivity contribution in [2.75, 3.05) is 19.5 Å². The molecule has 0 radical (unpaired) electrons. The standard InChI is InChI=1S/C12H25NO5S/c1-11(13-18-12(2,3)4)10-16-8-6-7-9-17-19(5,14)15/h10,13H,6-9H2,1-5H3. The molecule has 0 amide bonds. The number of rotatable bonds is 9. The molecule has 0 spiro atoms. The summed E-state index contributed by atoms with van der Waals surface area (Å²) < 4.78 is 31.2. The third kappa shape index (κ3) is 15.2. The summed E-state index contributed by atoms with van der Waals surface area (Å²) in [7, 11) is -3.33. The van der Waals surface area contributed by atoms with Crippen molar-refractivity contribution < 1.29 is 22.2 Å². The molecule has 0 aliphatic carbocycles. The van der Waals surface area contributed by atoms with Gasteiger partial charge in [-0.25, -0.2) is 0 Å². The van der Waals surface area contributed by atoms with Crippen molar-refractivity contribution in [3.8, 4) is 0 Å². The van der Waals surface area contributed by atoms with E-state index in [4.69, 9.17) is 9.57 Å². The third-order valence-corrected chi connectivity index (χ3v) is 2.33. The maximum Gasteiger partial charge on any atom is 0.264 e. The number of hydroxylamine groups is 1. The monoisotopic (exact) mass is 295 g/mol. The van der Waals surface area contributed by atoms with E-state index >= 15 is 0 Å². The summed E-state index contributed by atoms with van der Waals surface area (Å²) in [5.41, 5.74) is 3.28. The van der Waals surface area contributed by atoms with Gasteiger partial charge in [-0.3, -0.25) is 14.5 Å². The highest BCUT2D eigenvalue weighted by Gasteiger charge is 2.09. The minimum Gasteiger partial charge on any atom is -0.499 e. The predicted octanol–water partition coefficient (Wildman–Crippen LogP) is 1.94. The van der Waals surface area contributed by atoms with Crippen LogP contribution in [0.15, 0.2) is 12.0 Å². The SMILES string of the molecule is CC(=COCCCCOS(C)(=O)=O)NOC(C)(C)C. The Hall–Kier alpha value is -0.790. The summed E-state index contributed by atoms with van der Waals surface area (Å²) in [6, 6.07) is 0. The Kier molecular flexibility index (Phi) is 8.05. The summed E-state index contributed by atoms with van der Waals surface area (Å²) in [4.78, 5) is 5.34. The van der Waals surface area contributed by atoms with Gasteiger partial charge in [-0.15, -0.1) is 0 Å². The van der Waals surface area contributed by atoms with Crippen LogP contribution in [0.2, 0.25) is 0 Å². The highest BCUT2D eigenvalue weighted by atomic mass is 32.2. The number of hydrogen-bond acceptors (Lipinski definition) is 6. The van der Waals surface area contributed by atoms with Crippen LogP contribution < -0.4 is 5.48 Å². The Morgan fingerprint density at radius 2 is 1.79 bits per heavy atom. The number of hydrogen-bond donors (Lipinski definition) is 1. The molecule has 0 unspecified atom stereocenters. The fourth-order valence-corrected chi connectivity index (χ4v) is 1.36. The van der Waals surface area contributed by atoms with Gasteiger partial charge < -0.3 is 4.74 Å². The van der Waals surface area contributed by atoms with Gasteiger partial charge in [0.1, 0.15) is 6.26 Å². The molecule has 6 nitrogen and oxygen atoms in total. The normalized spacial score (nSPS) is 13.4. The van der Waals surface area contributed by atoms with Crippen LogP contribution in [-0.4, -0.2) is 33.5 Å². The molecule has 0 aliphatic heterocycles. The zero-order valence-corrected chi connectivity index (χ0v) is 13.2. The van der Waals surface area contributed by atoms with E-state index in [2.05, 4.69) is 9.66 Å². The molecule has 7 heteroatoms. The molecule has 19 heavy (non-hydrogen) atoms. The summed E-state index contributed by atoms with van der Waals surface area (Å²) in [5.74, 6) is 0. The minimum absolute atomic E-state index is 0.191. The van der Waals surface area contributed by atoms with E-state index in [1.54, 1.807) is 6.26 Å². The van der Waals surface area contributed by atoms with E-state index in [1.807, 2.05) is 27.7 Å². The van der Waals surface area contributed by atoms with Crippen LogP contribution in [0.1, 0.15) is 40.5 Å². The first-order valence-corrected chi connectivity index (χ1v) is 7.98. The van der Waals surface area contributed by atoms with Crippen LogP contribution in [0, 0.1) is 0 Å². The smallest absolute Gasteiger partial charge is 0.264 e. The van der Waals surface area contributed by atoms with E-state index in [0.29, 0.717) is 13.0 Å². The molecule has 0 atom stereocenters. The second kappa shape index (κ2) is 8.39. The van der Waals surface area contributed by atoms with Gasteiger partial charge >= 0.3 is 0 Å². The third-order valence-electron chi connectivity index (χ3n) is 1.73. The zero-order chi connectivity index (χ0) is 14.9. The topological polar surface area (TPSA) is 73.9 Å². The maximum absolute atomic E-state index is 10.7. The van der Waals surface area contributed by atoms with Crippen molar-refractivity contribution in [3.05, 3.63) is 12.0 Å². The second-order valence-corrected chi connectivity index (χ2v) is 6.87. The van der Waals surface area contributed by atoms with Crippen LogP contribution in [0.5, 0.6) is 0 Å². The molecule has 0 aromatic carbocycles. The van der Waals surface area contributed by atoms with Crippen molar-refractivity contribution in [2.24, 2.45) is 0 Å². The Labute approximate surface area is 116 Å². The maximum atomic E-state index is 10.7. The summed E-state index contributed by atoms with van der Waals surface area (Å²) in [6.45, 7) is 8.35. The molecule has 0 aromatic heterocycles. The van der Waals surface area contributed by atoms with Gasteiger partial charge in [-0.2, -0.15) is 8.42 Å². The zero-order valence-electron chi connectivity index (χ0n) is 12.4. The lowest BCUT2D eigenvalue weighted by Gasteiger charge is -2.19. The van der Waals surface area contributed by atoms with Crippen LogP contribution in [0.3, 0.4) is 0 Å². The summed E-state index contributed by atoms with van der Waals surface area (Å²) >= 11 is 0. The van der Waals surface area contributed by atoms with E-state index in [9.17, 15) is 8.42 Å². The van der Waals surface area contributed by atoms with E-state index in [1.165, 1.54) is 0 Å². The second-order valence-electron chi connectivity index (χ2n) is 5.22. The van der Waals surface area contributed by atoms with Crippen molar-refractivity contribution in [2.45, 2.75) is 46.1 Å². The quantitative estimate of drug-likeness (QED) is 0.303. The first kappa shape index (κ1) is 18.2. The molecule has 0 saturated carbocycles. The molecule has 1 N–H and O–H groups in total. The molecule has 0 heterocycles. The van der Waals surface area contributed by atoms with Gasteiger partial charge in [0.15, 0.2) is 0 Å². The average molecular weight is 295 g/mol. The Morgan fingerprint density at radius 1 is 1.21 bits per heavy atom. The van der Waals surface area contributed by atoms with Crippen LogP contribution in [-0.2, 0) is 23.9 Å². The lowest BCUT2D eigenvalue weighted by atomic mass is 10.2. The van der Waals surface area contributed by atoms with Gasteiger partial charge in [0.2, 0.25) is 0 Å². The number of unbranched alkanes of at least 4 members (excludes halogenated alkanes) is 1. The van der Waals surface area contributed by atoms with Crippen molar-refractivity contribution in [1.82, 2.24) is 5.48 Å². The van der Waals surface area contributed by atoms with E-state index in [-0.39, 0.29) is 12.2 Å². The van der Waals surface area contributed by atoms with E-state index in [0.717, 1.165) is 18.4 Å². The Morgan fingerprint density at radius 3 is 2.32 bits per heavy atom.